The van der Waals surface area contributed by atoms with Gasteiger partial charge in [0, 0.05) is 11.4 Å². The quantitative estimate of drug-likeness (QED) is 0.713. The van der Waals surface area contributed by atoms with Gasteiger partial charge in [0.25, 0.3) is 0 Å². The number of methoxy groups -OCH3 is 1. The highest BCUT2D eigenvalue weighted by atomic mass is 16.5. The summed E-state index contributed by atoms with van der Waals surface area (Å²) in [7, 11) is 1.70. The molecule has 3 aromatic rings. The molecule has 0 spiro atoms. The second-order valence-electron chi connectivity index (χ2n) is 6.26. The lowest BCUT2D eigenvalue weighted by atomic mass is 10.1. The number of hydrogen-bond acceptors (Lipinski definition) is 3. The van der Waals surface area contributed by atoms with E-state index in [1.54, 1.807) is 13.4 Å². The van der Waals surface area contributed by atoms with Crippen LogP contribution in [0.4, 0.5) is 0 Å². The monoisotopic (exact) mass is 307 g/mol. The fourth-order valence-corrected chi connectivity index (χ4v) is 3.67. The molecule has 23 heavy (non-hydrogen) atoms. The van der Waals surface area contributed by atoms with Gasteiger partial charge < -0.3 is 9.30 Å². The molecule has 0 atom stereocenters. The molecule has 0 N–H and O–H groups in total. The normalized spacial score (nSPS) is 15.4. The molecule has 2 heterocycles. The van der Waals surface area contributed by atoms with Crippen LogP contribution in [0, 0.1) is 6.92 Å². The lowest BCUT2D eigenvalue weighted by Gasteiger charge is -2.17. The van der Waals surface area contributed by atoms with Gasteiger partial charge in [0.05, 0.1) is 18.5 Å². The van der Waals surface area contributed by atoms with E-state index in [4.69, 9.17) is 4.74 Å². The van der Waals surface area contributed by atoms with Crippen LogP contribution in [-0.2, 0) is 0 Å². The van der Waals surface area contributed by atoms with E-state index in [0.717, 1.165) is 22.5 Å². The van der Waals surface area contributed by atoms with Crippen LogP contribution in [0.15, 0.2) is 36.7 Å². The van der Waals surface area contributed by atoms with Crippen LogP contribution in [0.3, 0.4) is 0 Å². The van der Waals surface area contributed by atoms with Crippen molar-refractivity contribution >= 4 is 11.0 Å². The van der Waals surface area contributed by atoms with E-state index in [2.05, 4.69) is 39.7 Å². The van der Waals surface area contributed by atoms with Crippen LogP contribution in [0.25, 0.3) is 22.3 Å². The van der Waals surface area contributed by atoms with Crippen molar-refractivity contribution in [1.29, 1.82) is 0 Å². The molecule has 1 fully saturated rings. The number of aryl methyl sites for hydroxylation is 1. The van der Waals surface area contributed by atoms with Crippen LogP contribution < -0.4 is 4.74 Å². The molecular formula is C19H21N3O. The molecule has 1 aliphatic carbocycles. The Kier molecular flexibility index (Phi) is 3.52. The smallest absolute Gasteiger partial charge is 0.144 e. The van der Waals surface area contributed by atoms with Gasteiger partial charge in [-0.3, -0.25) is 0 Å². The summed E-state index contributed by atoms with van der Waals surface area (Å²) in [6.07, 6.45) is 6.75. The van der Waals surface area contributed by atoms with Gasteiger partial charge in [-0.25, -0.2) is 9.97 Å². The molecule has 0 bridgehead atoms. The maximum Gasteiger partial charge on any atom is 0.144 e. The maximum atomic E-state index is 5.28. The van der Waals surface area contributed by atoms with Crippen molar-refractivity contribution < 1.29 is 4.74 Å². The van der Waals surface area contributed by atoms with Crippen molar-refractivity contribution in [3.63, 3.8) is 0 Å². The number of fused-ring (bicyclic) bond motifs is 1. The van der Waals surface area contributed by atoms with Crippen molar-refractivity contribution in [3.8, 4) is 17.0 Å². The molecule has 4 rings (SSSR count). The molecule has 1 aliphatic rings. The molecule has 0 radical (unpaired) electrons. The first kappa shape index (κ1) is 14.2. The Morgan fingerprint density at radius 1 is 1.09 bits per heavy atom. The molecule has 0 aliphatic heterocycles. The van der Waals surface area contributed by atoms with Crippen molar-refractivity contribution in [1.82, 2.24) is 14.5 Å². The number of nitrogens with zero attached hydrogens (tertiary/aromatic N) is 3. The average molecular weight is 307 g/mol. The fraction of sp³-hybridized carbons (Fsp3) is 0.368. The number of ether oxygens (including phenoxy) is 1. The van der Waals surface area contributed by atoms with Crippen LogP contribution in [0.5, 0.6) is 5.75 Å². The van der Waals surface area contributed by atoms with Crippen molar-refractivity contribution in [2.24, 2.45) is 0 Å². The summed E-state index contributed by atoms with van der Waals surface area (Å²) in [4.78, 5) is 8.96. The molecule has 118 valence electrons. The molecule has 0 amide bonds. The Labute approximate surface area is 136 Å². The Morgan fingerprint density at radius 3 is 2.52 bits per heavy atom. The second-order valence-corrected chi connectivity index (χ2v) is 6.26. The van der Waals surface area contributed by atoms with Gasteiger partial charge in [-0.2, -0.15) is 0 Å². The second kappa shape index (κ2) is 5.69. The molecule has 1 aromatic carbocycles. The standard InChI is InChI=1S/C19H21N3O/c1-13-17-11-18(14-7-9-16(23-2)10-8-14)22(15-5-3-4-6-15)19(17)21-12-20-13/h7-12,15H,3-6H2,1-2H3. The van der Waals surface area contributed by atoms with Gasteiger partial charge in [-0.05, 0) is 55.7 Å². The summed E-state index contributed by atoms with van der Waals surface area (Å²) in [5, 5.41) is 1.16. The van der Waals surface area contributed by atoms with Crippen molar-refractivity contribution in [2.75, 3.05) is 7.11 Å². The number of benzene rings is 1. The van der Waals surface area contributed by atoms with E-state index in [1.165, 1.54) is 36.9 Å². The fourth-order valence-electron chi connectivity index (χ4n) is 3.67. The van der Waals surface area contributed by atoms with Gasteiger partial charge in [0.2, 0.25) is 0 Å². The third-order valence-electron chi connectivity index (χ3n) is 4.91. The third kappa shape index (κ3) is 2.38. The molecule has 4 heteroatoms. The van der Waals surface area contributed by atoms with Crippen molar-refractivity contribution in [2.45, 2.75) is 38.6 Å². The lowest BCUT2D eigenvalue weighted by Crippen LogP contribution is -2.07. The lowest BCUT2D eigenvalue weighted by molar-refractivity contribution is 0.415. The van der Waals surface area contributed by atoms with E-state index < -0.39 is 0 Å². The summed E-state index contributed by atoms with van der Waals surface area (Å²) in [5.74, 6) is 0.883. The van der Waals surface area contributed by atoms with Crippen LogP contribution in [0.1, 0.15) is 37.4 Å². The largest absolute Gasteiger partial charge is 0.497 e. The van der Waals surface area contributed by atoms with Crippen molar-refractivity contribution in [3.05, 3.63) is 42.4 Å². The molecule has 1 saturated carbocycles. The van der Waals surface area contributed by atoms with E-state index in [1.807, 2.05) is 12.1 Å². The first-order chi connectivity index (χ1) is 11.3. The Morgan fingerprint density at radius 2 is 1.83 bits per heavy atom. The third-order valence-corrected chi connectivity index (χ3v) is 4.91. The summed E-state index contributed by atoms with van der Waals surface area (Å²) >= 11 is 0. The first-order valence-corrected chi connectivity index (χ1v) is 8.25. The zero-order valence-corrected chi connectivity index (χ0v) is 13.6. The van der Waals surface area contributed by atoms with E-state index in [9.17, 15) is 0 Å². The highest BCUT2D eigenvalue weighted by Crippen LogP contribution is 2.38. The van der Waals surface area contributed by atoms with Crippen LogP contribution in [-0.4, -0.2) is 21.6 Å². The molecular weight excluding hydrogens is 286 g/mol. The molecule has 0 unspecified atom stereocenters. The van der Waals surface area contributed by atoms with E-state index in [-0.39, 0.29) is 0 Å². The maximum absolute atomic E-state index is 5.28. The molecule has 2 aromatic heterocycles. The van der Waals surface area contributed by atoms with Gasteiger partial charge in [-0.1, -0.05) is 12.8 Å². The van der Waals surface area contributed by atoms with E-state index in [0.29, 0.717) is 6.04 Å². The zero-order valence-electron chi connectivity index (χ0n) is 13.6. The predicted octanol–water partition coefficient (Wildman–Crippen LogP) is 4.53. The van der Waals surface area contributed by atoms with Crippen LogP contribution in [0.2, 0.25) is 0 Å². The Hall–Kier alpha value is -2.36. The number of hydrogen-bond donors (Lipinski definition) is 0. The minimum Gasteiger partial charge on any atom is -0.497 e. The summed E-state index contributed by atoms with van der Waals surface area (Å²) in [6, 6.07) is 11.1. The minimum atomic E-state index is 0.541. The SMILES string of the molecule is COc1ccc(-c2cc3c(C)ncnc3n2C2CCCC2)cc1. The Balaban J connectivity index is 1.93. The average Bonchev–Trinajstić information content (AvgIpc) is 3.22. The van der Waals surface area contributed by atoms with Gasteiger partial charge >= 0.3 is 0 Å². The van der Waals surface area contributed by atoms with Crippen LogP contribution >= 0.6 is 0 Å². The molecule has 0 saturated heterocycles. The van der Waals surface area contributed by atoms with E-state index >= 15 is 0 Å². The topological polar surface area (TPSA) is 39.9 Å². The zero-order chi connectivity index (χ0) is 15.8. The number of rotatable bonds is 3. The van der Waals surface area contributed by atoms with Gasteiger partial charge in [-0.15, -0.1) is 0 Å². The highest BCUT2D eigenvalue weighted by molar-refractivity contribution is 5.86. The summed E-state index contributed by atoms with van der Waals surface area (Å²) in [5.41, 5.74) is 4.55. The van der Waals surface area contributed by atoms with Gasteiger partial charge in [0.1, 0.15) is 17.7 Å². The summed E-state index contributed by atoms with van der Waals surface area (Å²) < 4.78 is 7.71. The minimum absolute atomic E-state index is 0.541. The predicted molar refractivity (Wildman–Crippen MR) is 91.8 cm³/mol. The molecule has 4 nitrogen and oxygen atoms in total. The first-order valence-electron chi connectivity index (χ1n) is 8.25. The highest BCUT2D eigenvalue weighted by Gasteiger charge is 2.23. The Bertz CT molecular complexity index is 830. The summed E-state index contributed by atoms with van der Waals surface area (Å²) in [6.45, 7) is 2.06. The van der Waals surface area contributed by atoms with Gasteiger partial charge in [0.15, 0.2) is 0 Å². The number of aromatic nitrogens is 3.